The van der Waals surface area contributed by atoms with Gasteiger partial charge in [0.15, 0.2) is 5.78 Å². The third-order valence-corrected chi connectivity index (χ3v) is 4.09. The van der Waals surface area contributed by atoms with Crippen LogP contribution in [0.15, 0.2) is 16.3 Å². The van der Waals surface area contributed by atoms with Crippen molar-refractivity contribution >= 4 is 5.78 Å². The Hall–Kier alpha value is -1.58. The maximum atomic E-state index is 12.6. The van der Waals surface area contributed by atoms with E-state index in [0.29, 0.717) is 5.92 Å². The van der Waals surface area contributed by atoms with Gasteiger partial charge in [-0.15, -0.1) is 0 Å². The fourth-order valence-electron chi connectivity index (χ4n) is 3.19. The molecule has 0 bridgehead atoms. The molecule has 0 aliphatic heterocycles. The van der Waals surface area contributed by atoms with Gasteiger partial charge in [0.25, 0.3) is 0 Å². The summed E-state index contributed by atoms with van der Waals surface area (Å²) in [5.74, 6) is 1.34. The quantitative estimate of drug-likeness (QED) is 0.767. The van der Waals surface area contributed by atoms with Crippen LogP contribution in [0.4, 0.5) is 0 Å². The van der Waals surface area contributed by atoms with Crippen LogP contribution in [-0.2, 0) is 6.42 Å². The highest BCUT2D eigenvalue weighted by molar-refractivity contribution is 6.11. The standard InChI is InChI=1S/C15H20N2O2/c1-17(2)9-11-7-8-12-13(15(11)18)14(16-19-12)10-5-3-4-6-10/h9-10H,3-8H2,1-2H3/b11-9-. The van der Waals surface area contributed by atoms with Crippen LogP contribution < -0.4 is 0 Å². The van der Waals surface area contributed by atoms with Crippen LogP contribution in [0.2, 0.25) is 0 Å². The van der Waals surface area contributed by atoms with E-state index in [1.54, 1.807) is 0 Å². The summed E-state index contributed by atoms with van der Waals surface area (Å²) < 4.78 is 5.41. The summed E-state index contributed by atoms with van der Waals surface area (Å²) in [6, 6.07) is 0. The molecular weight excluding hydrogens is 240 g/mol. The van der Waals surface area contributed by atoms with E-state index in [0.717, 1.165) is 48.3 Å². The molecule has 0 aromatic carbocycles. The zero-order valence-electron chi connectivity index (χ0n) is 11.6. The number of Topliss-reactive ketones (excluding diaryl/α,β-unsaturated/α-hetero) is 1. The number of hydrogen-bond donors (Lipinski definition) is 0. The molecule has 2 aliphatic carbocycles. The SMILES string of the molecule is CN(C)/C=C1/CCc2onc(C3CCCC3)c2C1=O. The number of allylic oxidation sites excluding steroid dienone is 1. The monoisotopic (exact) mass is 260 g/mol. The van der Waals surface area contributed by atoms with Gasteiger partial charge in [0, 0.05) is 38.2 Å². The van der Waals surface area contributed by atoms with Gasteiger partial charge in [-0.1, -0.05) is 18.0 Å². The number of carbonyl (C=O) groups excluding carboxylic acids is 1. The minimum Gasteiger partial charge on any atom is -0.383 e. The molecule has 0 saturated heterocycles. The number of carbonyl (C=O) groups is 1. The van der Waals surface area contributed by atoms with Gasteiger partial charge in [-0.25, -0.2) is 0 Å². The number of hydrogen-bond acceptors (Lipinski definition) is 4. The molecule has 102 valence electrons. The highest BCUT2D eigenvalue weighted by atomic mass is 16.5. The van der Waals surface area contributed by atoms with Gasteiger partial charge in [0.05, 0.1) is 11.3 Å². The minimum atomic E-state index is 0.123. The molecule has 3 rings (SSSR count). The molecular formula is C15H20N2O2. The topological polar surface area (TPSA) is 46.3 Å². The Labute approximate surface area is 113 Å². The maximum Gasteiger partial charge on any atom is 0.195 e. The third-order valence-electron chi connectivity index (χ3n) is 4.09. The first-order chi connectivity index (χ1) is 9.16. The molecule has 0 radical (unpaired) electrons. The average molecular weight is 260 g/mol. The van der Waals surface area contributed by atoms with Crippen molar-refractivity contribution in [1.29, 1.82) is 0 Å². The van der Waals surface area contributed by atoms with Crippen LogP contribution in [0.25, 0.3) is 0 Å². The van der Waals surface area contributed by atoms with Crippen LogP contribution in [-0.4, -0.2) is 29.9 Å². The molecule has 0 amide bonds. The molecule has 19 heavy (non-hydrogen) atoms. The largest absolute Gasteiger partial charge is 0.383 e. The Morgan fingerprint density at radius 3 is 2.68 bits per heavy atom. The van der Waals surface area contributed by atoms with Crippen LogP contribution in [0.5, 0.6) is 0 Å². The summed E-state index contributed by atoms with van der Waals surface area (Å²) in [5.41, 5.74) is 2.56. The van der Waals surface area contributed by atoms with Crippen molar-refractivity contribution in [2.45, 2.75) is 44.4 Å². The summed E-state index contributed by atoms with van der Waals surface area (Å²) in [6.45, 7) is 0. The molecule has 1 saturated carbocycles. The molecule has 1 aromatic rings. The third kappa shape index (κ3) is 2.20. The van der Waals surface area contributed by atoms with E-state index >= 15 is 0 Å². The Morgan fingerprint density at radius 1 is 1.26 bits per heavy atom. The second kappa shape index (κ2) is 4.83. The predicted molar refractivity (Wildman–Crippen MR) is 72.1 cm³/mol. The maximum absolute atomic E-state index is 12.6. The van der Waals surface area contributed by atoms with Crippen molar-refractivity contribution in [3.63, 3.8) is 0 Å². The van der Waals surface area contributed by atoms with Crippen molar-refractivity contribution in [3.05, 3.63) is 28.8 Å². The lowest BCUT2D eigenvalue weighted by molar-refractivity contribution is 0.102. The highest BCUT2D eigenvalue weighted by Gasteiger charge is 2.33. The average Bonchev–Trinajstić information content (AvgIpc) is 3.00. The summed E-state index contributed by atoms with van der Waals surface area (Å²) in [6.07, 6.45) is 8.22. The van der Waals surface area contributed by atoms with E-state index in [1.165, 1.54) is 12.8 Å². The van der Waals surface area contributed by atoms with Crippen molar-refractivity contribution in [3.8, 4) is 0 Å². The normalized spacial score (nSPS) is 22.0. The Balaban J connectivity index is 1.97. The summed E-state index contributed by atoms with van der Waals surface area (Å²) >= 11 is 0. The van der Waals surface area contributed by atoms with Gasteiger partial charge in [-0.2, -0.15) is 0 Å². The van der Waals surface area contributed by atoms with Crippen molar-refractivity contribution in [2.24, 2.45) is 0 Å². The molecule has 0 spiro atoms. The number of aromatic nitrogens is 1. The molecule has 0 unspecified atom stereocenters. The first-order valence-corrected chi connectivity index (χ1v) is 7.07. The second-order valence-electron chi connectivity index (χ2n) is 5.79. The molecule has 0 atom stereocenters. The Morgan fingerprint density at radius 2 is 2.00 bits per heavy atom. The van der Waals surface area contributed by atoms with Crippen LogP contribution in [0.3, 0.4) is 0 Å². The molecule has 4 nitrogen and oxygen atoms in total. The minimum absolute atomic E-state index is 0.123. The molecule has 4 heteroatoms. The van der Waals surface area contributed by atoms with E-state index in [4.69, 9.17) is 4.52 Å². The summed E-state index contributed by atoms with van der Waals surface area (Å²) in [4.78, 5) is 14.5. The first kappa shape index (κ1) is 12.5. The van der Waals surface area contributed by atoms with Crippen molar-refractivity contribution < 1.29 is 9.32 Å². The molecule has 1 aromatic heterocycles. The van der Waals surface area contributed by atoms with E-state index in [1.807, 2.05) is 25.2 Å². The van der Waals surface area contributed by atoms with E-state index in [-0.39, 0.29) is 5.78 Å². The lowest BCUT2D eigenvalue weighted by atomic mass is 9.87. The van der Waals surface area contributed by atoms with Crippen molar-refractivity contribution in [2.75, 3.05) is 14.1 Å². The van der Waals surface area contributed by atoms with Gasteiger partial charge in [-0.05, 0) is 19.3 Å². The zero-order valence-corrected chi connectivity index (χ0v) is 11.6. The Bertz CT molecular complexity index is 522. The smallest absolute Gasteiger partial charge is 0.195 e. The number of aryl methyl sites for hydroxylation is 1. The lowest BCUT2D eigenvalue weighted by Gasteiger charge is -2.16. The number of rotatable bonds is 2. The number of ketones is 1. The van der Waals surface area contributed by atoms with Gasteiger partial charge < -0.3 is 9.42 Å². The fraction of sp³-hybridized carbons (Fsp3) is 0.600. The molecule has 2 aliphatic rings. The van der Waals surface area contributed by atoms with E-state index in [9.17, 15) is 4.79 Å². The summed E-state index contributed by atoms with van der Waals surface area (Å²) in [5, 5.41) is 4.21. The van der Waals surface area contributed by atoms with Crippen LogP contribution in [0.1, 0.15) is 59.8 Å². The van der Waals surface area contributed by atoms with Gasteiger partial charge in [0.1, 0.15) is 5.76 Å². The lowest BCUT2D eigenvalue weighted by Crippen LogP contribution is -2.17. The molecule has 1 fully saturated rings. The fourth-order valence-corrected chi connectivity index (χ4v) is 3.19. The van der Waals surface area contributed by atoms with Gasteiger partial charge in [-0.3, -0.25) is 4.79 Å². The second-order valence-corrected chi connectivity index (χ2v) is 5.79. The molecule has 0 N–H and O–H groups in total. The number of nitrogens with zero attached hydrogens (tertiary/aromatic N) is 2. The zero-order chi connectivity index (χ0) is 13.4. The summed E-state index contributed by atoms with van der Waals surface area (Å²) in [7, 11) is 3.89. The number of fused-ring (bicyclic) bond motifs is 1. The van der Waals surface area contributed by atoms with E-state index in [2.05, 4.69) is 5.16 Å². The highest BCUT2D eigenvalue weighted by Crippen LogP contribution is 2.38. The van der Waals surface area contributed by atoms with Gasteiger partial charge in [0.2, 0.25) is 0 Å². The first-order valence-electron chi connectivity index (χ1n) is 7.07. The molecule has 1 heterocycles. The van der Waals surface area contributed by atoms with Crippen molar-refractivity contribution in [1.82, 2.24) is 10.1 Å². The van der Waals surface area contributed by atoms with E-state index < -0.39 is 0 Å². The van der Waals surface area contributed by atoms with Crippen LogP contribution in [0, 0.1) is 0 Å². The predicted octanol–water partition coefficient (Wildman–Crippen LogP) is 2.91. The Kier molecular flexibility index (Phi) is 3.17. The van der Waals surface area contributed by atoms with Gasteiger partial charge >= 0.3 is 0 Å². The van der Waals surface area contributed by atoms with Crippen LogP contribution >= 0.6 is 0 Å².